The third kappa shape index (κ3) is 5.42. The molecule has 4 rings (SSSR count). The monoisotopic (exact) mass is 483 g/mol. The number of nitrogens with zero attached hydrogens (tertiary/aromatic N) is 3. The molecule has 8 heteroatoms. The molecule has 0 fully saturated rings. The van der Waals surface area contributed by atoms with Gasteiger partial charge in [0.1, 0.15) is 6.10 Å². The molecule has 33 heavy (non-hydrogen) atoms. The first-order valence-corrected chi connectivity index (χ1v) is 12.2. The Labute approximate surface area is 202 Å². The van der Waals surface area contributed by atoms with E-state index in [1.165, 1.54) is 0 Å². The van der Waals surface area contributed by atoms with Gasteiger partial charge in [-0.2, -0.15) is 0 Å². The van der Waals surface area contributed by atoms with Gasteiger partial charge in [0.2, 0.25) is 5.91 Å². The van der Waals surface area contributed by atoms with E-state index in [-0.39, 0.29) is 11.2 Å². The molecular formula is C25H26ClN3O3S. The molecule has 0 saturated heterocycles. The van der Waals surface area contributed by atoms with Crippen LogP contribution in [0.5, 0.6) is 0 Å². The van der Waals surface area contributed by atoms with Crippen molar-refractivity contribution in [2.24, 2.45) is 0 Å². The summed E-state index contributed by atoms with van der Waals surface area (Å²) in [5.41, 5.74) is 2.08. The summed E-state index contributed by atoms with van der Waals surface area (Å²) in [6.45, 7) is 2.54. The summed E-state index contributed by atoms with van der Waals surface area (Å²) in [4.78, 5) is 32.7. The third-order valence-corrected chi connectivity index (χ3v) is 7.25. The van der Waals surface area contributed by atoms with Gasteiger partial charge in [-0.05, 0) is 48.4 Å². The number of rotatable bonds is 8. The van der Waals surface area contributed by atoms with E-state index in [1.54, 1.807) is 53.5 Å². The molecule has 1 aliphatic heterocycles. The summed E-state index contributed by atoms with van der Waals surface area (Å²) in [7, 11) is 1.81. The van der Waals surface area contributed by atoms with Crippen LogP contribution in [0.1, 0.15) is 48.2 Å². The lowest BCUT2D eigenvalue weighted by Crippen LogP contribution is -2.38. The first-order valence-electron chi connectivity index (χ1n) is 11.0. The van der Waals surface area contributed by atoms with Crippen molar-refractivity contribution >= 4 is 40.9 Å². The van der Waals surface area contributed by atoms with Crippen LogP contribution in [-0.4, -0.2) is 33.7 Å². The molecule has 0 aliphatic carbocycles. The van der Waals surface area contributed by atoms with Crippen molar-refractivity contribution in [3.63, 3.8) is 0 Å². The van der Waals surface area contributed by atoms with E-state index < -0.39 is 12.1 Å². The second-order valence-electron chi connectivity index (χ2n) is 8.03. The van der Waals surface area contributed by atoms with Gasteiger partial charge in [-0.1, -0.05) is 37.4 Å². The predicted molar refractivity (Wildman–Crippen MR) is 131 cm³/mol. The van der Waals surface area contributed by atoms with Gasteiger partial charge < -0.3 is 14.2 Å². The van der Waals surface area contributed by atoms with Crippen LogP contribution in [-0.2, 0) is 16.1 Å². The summed E-state index contributed by atoms with van der Waals surface area (Å²) in [5.74, 6) is -0.324. The molecule has 0 saturated carbocycles. The van der Waals surface area contributed by atoms with Crippen LogP contribution in [0.25, 0.3) is 0 Å². The topological polar surface area (TPSA) is 64.4 Å². The average Bonchev–Trinajstić information content (AvgIpc) is 3.33. The van der Waals surface area contributed by atoms with Gasteiger partial charge in [-0.25, -0.2) is 9.78 Å². The zero-order valence-corrected chi connectivity index (χ0v) is 20.2. The Kier molecular flexibility index (Phi) is 7.40. The average molecular weight is 484 g/mol. The van der Waals surface area contributed by atoms with Crippen molar-refractivity contribution < 1.29 is 14.3 Å². The number of hydrogen-bond donors (Lipinski definition) is 0. The number of fused-ring (bicyclic) bond motifs is 1. The van der Waals surface area contributed by atoms with Crippen molar-refractivity contribution in [2.45, 2.75) is 49.0 Å². The number of anilines is 1. The van der Waals surface area contributed by atoms with E-state index in [9.17, 15) is 9.59 Å². The molecule has 172 valence electrons. The molecule has 0 N–H and O–H groups in total. The molecule has 0 bridgehead atoms. The third-order valence-electron chi connectivity index (χ3n) is 5.68. The highest BCUT2D eigenvalue weighted by atomic mass is 35.5. The van der Waals surface area contributed by atoms with Crippen LogP contribution in [0.3, 0.4) is 0 Å². The number of halogens is 1. The van der Waals surface area contributed by atoms with Crippen molar-refractivity contribution in [1.29, 1.82) is 0 Å². The maximum absolute atomic E-state index is 12.9. The summed E-state index contributed by atoms with van der Waals surface area (Å²) < 4.78 is 7.79. The van der Waals surface area contributed by atoms with Gasteiger partial charge in [0, 0.05) is 29.4 Å². The van der Waals surface area contributed by atoms with Crippen LogP contribution in [0.2, 0.25) is 5.02 Å². The number of carbonyl (C=O) groups excluding carboxylic acids is 2. The molecule has 2 unspecified atom stereocenters. The number of aromatic nitrogens is 2. The highest BCUT2D eigenvalue weighted by molar-refractivity contribution is 8.01. The fraction of sp³-hybridized carbons (Fsp3) is 0.320. The fourth-order valence-electron chi connectivity index (χ4n) is 3.79. The fourth-order valence-corrected chi connectivity index (χ4v) is 5.23. The van der Waals surface area contributed by atoms with E-state index in [0.29, 0.717) is 17.1 Å². The Bertz CT molecular complexity index is 1120. The Morgan fingerprint density at radius 1 is 1.24 bits per heavy atom. The van der Waals surface area contributed by atoms with Crippen LogP contribution in [0, 0.1) is 0 Å². The minimum Gasteiger partial charge on any atom is -0.452 e. The first kappa shape index (κ1) is 23.4. The van der Waals surface area contributed by atoms with Crippen molar-refractivity contribution in [2.75, 3.05) is 11.9 Å². The summed E-state index contributed by atoms with van der Waals surface area (Å²) in [5, 5.41) is 0.497. The van der Waals surface area contributed by atoms with Crippen LogP contribution in [0.15, 0.2) is 66.1 Å². The maximum Gasteiger partial charge on any atom is 0.338 e. The summed E-state index contributed by atoms with van der Waals surface area (Å²) >= 11 is 7.57. The Morgan fingerprint density at radius 3 is 2.73 bits per heavy atom. The summed E-state index contributed by atoms with van der Waals surface area (Å²) in [6.07, 6.45) is 7.60. The summed E-state index contributed by atoms with van der Waals surface area (Å²) in [6, 6.07) is 12.6. The second-order valence-corrected chi connectivity index (χ2v) is 9.71. The SMILES string of the molecule is CCCCC1Sc2ccc(C(Cn3ccnc3)OC(=O)c3ccc(Cl)cc3)cc2N(C)C1=O. The molecule has 6 nitrogen and oxygen atoms in total. The van der Waals surface area contributed by atoms with Gasteiger partial charge in [0.25, 0.3) is 0 Å². The Balaban J connectivity index is 1.61. The van der Waals surface area contributed by atoms with Gasteiger partial charge in [0.05, 0.1) is 29.4 Å². The van der Waals surface area contributed by atoms with E-state index in [1.807, 2.05) is 36.0 Å². The number of amides is 1. The number of thioether (sulfide) groups is 1. The lowest BCUT2D eigenvalue weighted by Gasteiger charge is -2.32. The van der Waals surface area contributed by atoms with Gasteiger partial charge >= 0.3 is 5.97 Å². The Hall–Kier alpha value is -2.77. The zero-order valence-electron chi connectivity index (χ0n) is 18.6. The van der Waals surface area contributed by atoms with E-state index in [4.69, 9.17) is 16.3 Å². The molecule has 0 radical (unpaired) electrons. The van der Waals surface area contributed by atoms with Crippen molar-refractivity contribution in [3.8, 4) is 0 Å². The smallest absolute Gasteiger partial charge is 0.338 e. The normalized spacial score (nSPS) is 16.4. The number of esters is 1. The minimum absolute atomic E-state index is 0.0576. The van der Waals surface area contributed by atoms with Crippen LogP contribution >= 0.6 is 23.4 Å². The highest BCUT2D eigenvalue weighted by Gasteiger charge is 2.32. The first-order chi connectivity index (χ1) is 16.0. The largest absolute Gasteiger partial charge is 0.452 e. The number of hydrogen-bond acceptors (Lipinski definition) is 5. The maximum atomic E-state index is 12.9. The number of carbonyl (C=O) groups is 2. The predicted octanol–water partition coefficient (Wildman–Crippen LogP) is 5.76. The van der Waals surface area contributed by atoms with E-state index >= 15 is 0 Å². The van der Waals surface area contributed by atoms with Crippen molar-refractivity contribution in [3.05, 3.63) is 77.3 Å². The molecule has 2 atom stereocenters. The Morgan fingerprint density at radius 2 is 2.03 bits per heavy atom. The number of benzene rings is 2. The van der Waals surface area contributed by atoms with E-state index in [2.05, 4.69) is 11.9 Å². The van der Waals surface area contributed by atoms with Crippen LogP contribution in [0.4, 0.5) is 5.69 Å². The molecule has 2 aromatic carbocycles. The molecule has 1 amide bonds. The molecule has 2 heterocycles. The quantitative estimate of drug-likeness (QED) is 0.381. The molecule has 3 aromatic rings. The highest BCUT2D eigenvalue weighted by Crippen LogP contribution is 2.42. The standard InChI is InChI=1S/C25H26ClN3O3S/c1-3-4-5-23-24(30)28(2)20-14-18(8-11-22(20)33-23)21(15-29-13-12-27-16-29)32-25(31)17-6-9-19(26)10-7-17/h6-14,16,21,23H,3-5,15H2,1-2H3. The van der Waals surface area contributed by atoms with Crippen LogP contribution < -0.4 is 4.90 Å². The van der Waals surface area contributed by atoms with Crippen molar-refractivity contribution in [1.82, 2.24) is 9.55 Å². The minimum atomic E-state index is -0.556. The van der Waals surface area contributed by atoms with Gasteiger partial charge in [-0.3, -0.25) is 4.79 Å². The lowest BCUT2D eigenvalue weighted by molar-refractivity contribution is -0.118. The molecule has 1 aliphatic rings. The van der Waals surface area contributed by atoms with Gasteiger partial charge in [-0.15, -0.1) is 11.8 Å². The molecular weight excluding hydrogens is 458 g/mol. The number of ether oxygens (including phenoxy) is 1. The second kappa shape index (κ2) is 10.4. The number of imidazole rings is 1. The molecule has 1 aromatic heterocycles. The van der Waals surface area contributed by atoms with Gasteiger partial charge in [0.15, 0.2) is 0 Å². The van der Waals surface area contributed by atoms with E-state index in [0.717, 1.165) is 35.4 Å². The number of unbranched alkanes of at least 4 members (excludes halogenated alkanes) is 1. The molecule has 0 spiro atoms. The zero-order chi connectivity index (χ0) is 23.4. The lowest BCUT2D eigenvalue weighted by atomic mass is 10.1.